The first kappa shape index (κ1) is 12.2. The molecule has 1 aliphatic heterocycles. The van der Waals surface area contributed by atoms with Crippen LogP contribution in [0.15, 0.2) is 29.4 Å². The van der Waals surface area contributed by atoms with Crippen molar-refractivity contribution in [2.75, 3.05) is 6.61 Å². The van der Waals surface area contributed by atoms with Gasteiger partial charge in [-0.25, -0.2) is 0 Å². The van der Waals surface area contributed by atoms with E-state index in [0.717, 1.165) is 11.3 Å². The largest absolute Gasteiger partial charge is 0.465 e. The molecule has 1 atom stereocenters. The molecule has 0 saturated carbocycles. The molecule has 0 spiro atoms. The zero-order chi connectivity index (χ0) is 13.2. The van der Waals surface area contributed by atoms with E-state index in [1.54, 1.807) is 4.68 Å². The molecule has 0 N–H and O–H groups in total. The van der Waals surface area contributed by atoms with Gasteiger partial charge in [-0.2, -0.15) is 4.68 Å². The monoisotopic (exact) mass is 276 g/mol. The summed E-state index contributed by atoms with van der Waals surface area (Å²) in [6.45, 7) is 2.47. The Labute approximate surface area is 114 Å². The molecule has 3 rings (SSSR count). The van der Waals surface area contributed by atoms with Crippen LogP contribution in [0.5, 0.6) is 0 Å². The summed E-state index contributed by atoms with van der Waals surface area (Å²) >= 11 is 1.35. The molecule has 6 nitrogen and oxygen atoms in total. The molecule has 0 radical (unpaired) electrons. The lowest BCUT2D eigenvalue weighted by Gasteiger charge is -2.08. The summed E-state index contributed by atoms with van der Waals surface area (Å²) in [6, 6.07) is 7.84. The molecule has 0 amide bonds. The van der Waals surface area contributed by atoms with Crippen molar-refractivity contribution in [1.29, 1.82) is 0 Å². The number of carbonyl (C=O) groups is 1. The fraction of sp³-hybridized carbons (Fsp3) is 0.333. The van der Waals surface area contributed by atoms with Crippen molar-refractivity contribution in [2.24, 2.45) is 0 Å². The molecule has 0 bridgehead atoms. The van der Waals surface area contributed by atoms with E-state index in [1.807, 2.05) is 31.2 Å². The lowest BCUT2D eigenvalue weighted by atomic mass is 10.2. The number of carbonyl (C=O) groups excluding carboxylic acids is 1. The van der Waals surface area contributed by atoms with Gasteiger partial charge in [0.2, 0.25) is 5.16 Å². The number of esters is 1. The van der Waals surface area contributed by atoms with Gasteiger partial charge in [-0.05, 0) is 29.0 Å². The van der Waals surface area contributed by atoms with E-state index in [2.05, 4.69) is 15.5 Å². The van der Waals surface area contributed by atoms with E-state index in [1.165, 1.54) is 11.8 Å². The fourth-order valence-electron chi connectivity index (χ4n) is 1.92. The average Bonchev–Trinajstić information content (AvgIpc) is 3.01. The topological polar surface area (TPSA) is 69.9 Å². The Bertz CT molecular complexity index is 613. The Morgan fingerprint density at radius 3 is 3.00 bits per heavy atom. The van der Waals surface area contributed by atoms with Gasteiger partial charge in [0.15, 0.2) is 0 Å². The lowest BCUT2D eigenvalue weighted by Crippen LogP contribution is -2.11. The van der Waals surface area contributed by atoms with Gasteiger partial charge in [0.1, 0.15) is 5.25 Å². The second kappa shape index (κ2) is 5.00. The molecule has 19 heavy (non-hydrogen) atoms. The normalized spacial score (nSPS) is 18.6. The lowest BCUT2D eigenvalue weighted by molar-refractivity contribution is -0.137. The molecule has 1 aromatic carbocycles. The third-order valence-corrected chi connectivity index (χ3v) is 4.10. The molecule has 2 aromatic rings. The number of cyclic esters (lactones) is 1. The quantitative estimate of drug-likeness (QED) is 0.789. The van der Waals surface area contributed by atoms with Gasteiger partial charge >= 0.3 is 5.97 Å². The SMILES string of the molecule is Cc1ccccc1-n1nnnc1S[C@H]1CCOC1=O. The fourth-order valence-corrected chi connectivity index (χ4v) is 2.87. The molecule has 98 valence electrons. The highest BCUT2D eigenvalue weighted by molar-refractivity contribution is 8.00. The van der Waals surface area contributed by atoms with Crippen molar-refractivity contribution >= 4 is 17.7 Å². The first-order chi connectivity index (χ1) is 9.25. The molecule has 1 fully saturated rings. The van der Waals surface area contributed by atoms with Crippen LogP contribution in [0.25, 0.3) is 5.69 Å². The van der Waals surface area contributed by atoms with Crippen molar-refractivity contribution in [2.45, 2.75) is 23.8 Å². The second-order valence-electron chi connectivity index (χ2n) is 4.22. The van der Waals surface area contributed by atoms with Gasteiger partial charge in [-0.15, -0.1) is 5.10 Å². The number of aryl methyl sites for hydroxylation is 1. The number of hydrogen-bond acceptors (Lipinski definition) is 6. The van der Waals surface area contributed by atoms with Crippen molar-refractivity contribution in [3.63, 3.8) is 0 Å². The van der Waals surface area contributed by atoms with E-state index < -0.39 is 0 Å². The summed E-state index contributed by atoms with van der Waals surface area (Å²) in [5.74, 6) is -0.190. The molecule has 1 saturated heterocycles. The Morgan fingerprint density at radius 1 is 1.42 bits per heavy atom. The summed E-state index contributed by atoms with van der Waals surface area (Å²) in [7, 11) is 0. The molecule has 1 aromatic heterocycles. The van der Waals surface area contributed by atoms with E-state index in [0.29, 0.717) is 18.2 Å². The van der Waals surface area contributed by atoms with Crippen molar-refractivity contribution in [1.82, 2.24) is 20.2 Å². The second-order valence-corrected chi connectivity index (χ2v) is 5.39. The number of ether oxygens (including phenoxy) is 1. The predicted molar refractivity (Wildman–Crippen MR) is 69.1 cm³/mol. The maximum Gasteiger partial charge on any atom is 0.319 e. The average molecular weight is 276 g/mol. The molecular formula is C12H12N4O2S. The van der Waals surface area contributed by atoms with Crippen LogP contribution in [-0.2, 0) is 9.53 Å². The predicted octanol–water partition coefficient (Wildman–Crippen LogP) is 1.38. The van der Waals surface area contributed by atoms with Gasteiger partial charge in [0, 0.05) is 6.42 Å². The number of rotatable bonds is 3. The molecule has 7 heteroatoms. The highest BCUT2D eigenvalue weighted by Gasteiger charge is 2.29. The summed E-state index contributed by atoms with van der Waals surface area (Å²) in [5.41, 5.74) is 1.99. The standard InChI is InChI=1S/C12H12N4O2S/c1-8-4-2-3-5-9(8)16-12(13-14-15-16)19-10-6-7-18-11(10)17/h2-5,10H,6-7H2,1H3/t10-/m0/s1. The summed E-state index contributed by atoms with van der Waals surface area (Å²) in [4.78, 5) is 11.5. The van der Waals surface area contributed by atoms with E-state index in [9.17, 15) is 4.79 Å². The van der Waals surface area contributed by atoms with Crippen LogP contribution >= 0.6 is 11.8 Å². The number of benzene rings is 1. The van der Waals surface area contributed by atoms with Gasteiger partial charge in [0.05, 0.1) is 12.3 Å². The van der Waals surface area contributed by atoms with Crippen LogP contribution < -0.4 is 0 Å². The van der Waals surface area contributed by atoms with Gasteiger partial charge in [-0.1, -0.05) is 30.0 Å². The Kier molecular flexibility index (Phi) is 3.20. The van der Waals surface area contributed by atoms with Crippen LogP contribution in [0.4, 0.5) is 0 Å². The number of hydrogen-bond donors (Lipinski definition) is 0. The Hall–Kier alpha value is -1.89. The molecule has 0 aliphatic carbocycles. The summed E-state index contributed by atoms with van der Waals surface area (Å²) < 4.78 is 6.60. The van der Waals surface area contributed by atoms with Crippen molar-refractivity contribution in [3.05, 3.63) is 29.8 Å². The third-order valence-electron chi connectivity index (χ3n) is 2.92. The smallest absolute Gasteiger partial charge is 0.319 e. The number of tetrazole rings is 1. The Balaban J connectivity index is 1.90. The first-order valence-corrected chi connectivity index (χ1v) is 6.81. The number of para-hydroxylation sites is 1. The van der Waals surface area contributed by atoms with Gasteiger partial charge in [0.25, 0.3) is 0 Å². The summed E-state index contributed by atoms with van der Waals surface area (Å²) in [5, 5.41) is 12.1. The maximum atomic E-state index is 11.5. The summed E-state index contributed by atoms with van der Waals surface area (Å²) in [6.07, 6.45) is 0.699. The van der Waals surface area contributed by atoms with Crippen LogP contribution in [0, 0.1) is 6.92 Å². The zero-order valence-electron chi connectivity index (χ0n) is 10.3. The van der Waals surface area contributed by atoms with Crippen molar-refractivity contribution in [3.8, 4) is 5.69 Å². The molecule has 1 aliphatic rings. The van der Waals surface area contributed by atoms with E-state index >= 15 is 0 Å². The Morgan fingerprint density at radius 2 is 2.26 bits per heavy atom. The molecule has 2 heterocycles. The minimum atomic E-state index is -0.214. The van der Waals surface area contributed by atoms with Gasteiger partial charge in [-0.3, -0.25) is 4.79 Å². The highest BCUT2D eigenvalue weighted by Crippen LogP contribution is 2.29. The van der Waals surface area contributed by atoms with E-state index in [-0.39, 0.29) is 11.2 Å². The van der Waals surface area contributed by atoms with Crippen LogP contribution in [-0.4, -0.2) is 38.0 Å². The van der Waals surface area contributed by atoms with E-state index in [4.69, 9.17) is 4.74 Å². The first-order valence-electron chi connectivity index (χ1n) is 5.93. The maximum absolute atomic E-state index is 11.5. The molecular weight excluding hydrogens is 264 g/mol. The number of aromatic nitrogens is 4. The zero-order valence-corrected chi connectivity index (χ0v) is 11.1. The van der Waals surface area contributed by atoms with Crippen LogP contribution in [0.1, 0.15) is 12.0 Å². The number of thioether (sulfide) groups is 1. The molecule has 0 unspecified atom stereocenters. The number of nitrogens with zero attached hydrogens (tertiary/aromatic N) is 4. The van der Waals surface area contributed by atoms with Crippen molar-refractivity contribution < 1.29 is 9.53 Å². The van der Waals surface area contributed by atoms with Gasteiger partial charge < -0.3 is 4.74 Å². The van der Waals surface area contributed by atoms with Crippen LogP contribution in [0.3, 0.4) is 0 Å². The highest BCUT2D eigenvalue weighted by atomic mass is 32.2. The van der Waals surface area contributed by atoms with Crippen LogP contribution in [0.2, 0.25) is 0 Å². The minimum Gasteiger partial charge on any atom is -0.465 e. The minimum absolute atomic E-state index is 0.190. The third kappa shape index (κ3) is 2.33.